The predicted molar refractivity (Wildman–Crippen MR) is 109 cm³/mol. The topological polar surface area (TPSA) is 71.1 Å². The van der Waals surface area contributed by atoms with Crippen LogP contribution in [-0.4, -0.2) is 86.8 Å². The molecule has 0 unspecified atom stereocenters. The highest BCUT2D eigenvalue weighted by molar-refractivity contribution is 5.77. The van der Waals surface area contributed by atoms with Crippen molar-refractivity contribution in [3.05, 3.63) is 0 Å². The smallest absolute Gasteiger partial charge is 0.222 e. The number of hydrogen-bond acceptors (Lipinski definition) is 5. The zero-order chi connectivity index (χ0) is 20.2. The van der Waals surface area contributed by atoms with E-state index in [0.717, 1.165) is 44.9 Å². The van der Waals surface area contributed by atoms with Crippen molar-refractivity contribution in [2.45, 2.75) is 57.1 Å². The molecule has 29 heavy (non-hydrogen) atoms. The van der Waals surface area contributed by atoms with E-state index >= 15 is 0 Å². The van der Waals surface area contributed by atoms with Crippen molar-refractivity contribution in [1.82, 2.24) is 15.1 Å². The first-order chi connectivity index (χ1) is 14.2. The Morgan fingerprint density at radius 2 is 1.93 bits per heavy atom. The number of carbonyl (C=O) groups is 2. The monoisotopic (exact) mass is 407 g/mol. The maximum atomic E-state index is 12.9. The van der Waals surface area contributed by atoms with Gasteiger partial charge in [-0.15, -0.1) is 0 Å². The SMILES string of the molecule is COCCNC(=O)C[C@@H]1OC[C@@H]2[C@H]1[C@H](CC(=O)N1CCCC1)CN2CC1CCC1. The average molecular weight is 408 g/mol. The molecule has 4 fully saturated rings. The van der Waals surface area contributed by atoms with Gasteiger partial charge in [-0.2, -0.15) is 0 Å². The van der Waals surface area contributed by atoms with E-state index < -0.39 is 0 Å². The molecule has 4 rings (SSSR count). The van der Waals surface area contributed by atoms with Crippen molar-refractivity contribution in [2.75, 3.05) is 53.0 Å². The van der Waals surface area contributed by atoms with Crippen molar-refractivity contribution in [2.24, 2.45) is 17.8 Å². The molecule has 2 amide bonds. The molecule has 7 heteroatoms. The molecule has 3 aliphatic heterocycles. The normalized spacial score (nSPS) is 32.4. The summed E-state index contributed by atoms with van der Waals surface area (Å²) in [6.45, 7) is 5.68. The second kappa shape index (κ2) is 9.75. The molecule has 0 aromatic heterocycles. The molecule has 7 nitrogen and oxygen atoms in total. The van der Waals surface area contributed by atoms with Crippen molar-refractivity contribution >= 4 is 11.8 Å². The molecular weight excluding hydrogens is 370 g/mol. The number of ether oxygens (including phenoxy) is 2. The van der Waals surface area contributed by atoms with Crippen molar-refractivity contribution in [3.63, 3.8) is 0 Å². The van der Waals surface area contributed by atoms with Crippen LogP contribution in [0.15, 0.2) is 0 Å². The molecule has 0 spiro atoms. The lowest BCUT2D eigenvalue weighted by molar-refractivity contribution is -0.131. The van der Waals surface area contributed by atoms with E-state index in [0.29, 0.717) is 50.5 Å². The summed E-state index contributed by atoms with van der Waals surface area (Å²) in [6.07, 6.45) is 7.18. The zero-order valence-electron chi connectivity index (χ0n) is 17.8. The number of nitrogens with zero attached hydrogens (tertiary/aromatic N) is 2. The second-order valence-electron chi connectivity index (χ2n) is 9.37. The third-order valence-corrected chi connectivity index (χ3v) is 7.46. The van der Waals surface area contributed by atoms with E-state index in [9.17, 15) is 9.59 Å². The number of nitrogens with one attached hydrogen (secondary N) is 1. The Bertz CT molecular complexity index is 576. The number of rotatable bonds is 9. The fraction of sp³-hybridized carbons (Fsp3) is 0.909. The van der Waals surface area contributed by atoms with Crippen LogP contribution in [0.5, 0.6) is 0 Å². The zero-order valence-corrected chi connectivity index (χ0v) is 17.8. The third kappa shape index (κ3) is 4.94. The lowest BCUT2D eigenvalue weighted by Crippen LogP contribution is -2.39. The maximum absolute atomic E-state index is 12.9. The summed E-state index contributed by atoms with van der Waals surface area (Å²) in [4.78, 5) is 29.9. The minimum absolute atomic E-state index is 0.0229. The van der Waals surface area contributed by atoms with Crippen LogP contribution in [0.2, 0.25) is 0 Å². The summed E-state index contributed by atoms with van der Waals surface area (Å²) in [5.74, 6) is 1.71. The van der Waals surface area contributed by atoms with Gasteiger partial charge in [-0.25, -0.2) is 0 Å². The Morgan fingerprint density at radius 3 is 2.62 bits per heavy atom. The highest BCUT2D eigenvalue weighted by Gasteiger charge is 2.51. The van der Waals surface area contributed by atoms with Gasteiger partial charge in [0.15, 0.2) is 0 Å². The summed E-state index contributed by atoms with van der Waals surface area (Å²) in [7, 11) is 1.63. The number of methoxy groups -OCH3 is 1. The summed E-state index contributed by atoms with van der Waals surface area (Å²) in [6, 6.07) is 0.365. The van der Waals surface area contributed by atoms with Crippen molar-refractivity contribution < 1.29 is 19.1 Å². The summed E-state index contributed by atoms with van der Waals surface area (Å²) < 4.78 is 11.2. The Morgan fingerprint density at radius 1 is 1.14 bits per heavy atom. The fourth-order valence-electron chi connectivity index (χ4n) is 5.70. The number of fused-ring (bicyclic) bond motifs is 1. The Hall–Kier alpha value is -1.18. The molecule has 3 heterocycles. The van der Waals surface area contributed by atoms with Crippen LogP contribution in [0.25, 0.3) is 0 Å². The van der Waals surface area contributed by atoms with Crippen molar-refractivity contribution in [3.8, 4) is 0 Å². The Labute approximate surface area is 174 Å². The van der Waals surface area contributed by atoms with Gasteiger partial charge in [0.05, 0.1) is 25.7 Å². The number of amides is 2. The molecular formula is C22H37N3O4. The van der Waals surface area contributed by atoms with Crippen LogP contribution in [-0.2, 0) is 19.1 Å². The van der Waals surface area contributed by atoms with E-state index in [2.05, 4.69) is 10.2 Å². The number of hydrogen-bond donors (Lipinski definition) is 1. The first-order valence-corrected chi connectivity index (χ1v) is 11.5. The van der Waals surface area contributed by atoms with Crippen LogP contribution < -0.4 is 5.32 Å². The van der Waals surface area contributed by atoms with E-state index in [1.54, 1.807) is 7.11 Å². The highest BCUT2D eigenvalue weighted by Crippen LogP contribution is 2.43. The standard InChI is InChI=1S/C22H37N3O4/c1-28-10-7-23-20(26)12-19-22-17(11-21(27)24-8-2-3-9-24)14-25(18(22)15-29-19)13-16-5-4-6-16/h16-19,22H,2-15H2,1H3,(H,23,26)/t17-,18-,19+,22-/m1/s1. The van der Waals surface area contributed by atoms with Gasteiger partial charge in [-0.05, 0) is 37.5 Å². The molecule has 164 valence electrons. The number of carbonyl (C=O) groups excluding carboxylic acids is 2. The van der Waals surface area contributed by atoms with Gasteiger partial charge >= 0.3 is 0 Å². The maximum Gasteiger partial charge on any atom is 0.222 e. The average Bonchev–Trinajstić information content (AvgIpc) is 3.38. The van der Waals surface area contributed by atoms with E-state index in [-0.39, 0.29) is 17.9 Å². The van der Waals surface area contributed by atoms with Crippen LogP contribution >= 0.6 is 0 Å². The molecule has 0 radical (unpaired) electrons. The Balaban J connectivity index is 1.39. The minimum atomic E-state index is -0.0784. The summed E-state index contributed by atoms with van der Waals surface area (Å²) in [5, 5.41) is 2.92. The van der Waals surface area contributed by atoms with Crippen LogP contribution in [0.3, 0.4) is 0 Å². The van der Waals surface area contributed by atoms with Gasteiger partial charge in [0, 0.05) is 58.2 Å². The molecule has 0 aromatic rings. The molecule has 0 bridgehead atoms. The predicted octanol–water partition coefficient (Wildman–Crippen LogP) is 1.27. The molecule has 3 saturated heterocycles. The highest BCUT2D eigenvalue weighted by atomic mass is 16.5. The van der Waals surface area contributed by atoms with Crippen LogP contribution in [0.1, 0.15) is 44.9 Å². The van der Waals surface area contributed by atoms with Gasteiger partial charge in [0.25, 0.3) is 0 Å². The first-order valence-electron chi connectivity index (χ1n) is 11.5. The molecule has 4 atom stereocenters. The molecule has 1 saturated carbocycles. The Kier molecular flexibility index (Phi) is 7.08. The fourth-order valence-corrected chi connectivity index (χ4v) is 5.70. The van der Waals surface area contributed by atoms with Gasteiger partial charge in [-0.3, -0.25) is 14.5 Å². The van der Waals surface area contributed by atoms with Gasteiger partial charge < -0.3 is 19.7 Å². The lowest BCUT2D eigenvalue weighted by Gasteiger charge is -2.32. The van der Waals surface area contributed by atoms with E-state index in [1.165, 1.54) is 19.3 Å². The van der Waals surface area contributed by atoms with Crippen LogP contribution in [0, 0.1) is 17.8 Å². The van der Waals surface area contributed by atoms with Gasteiger partial charge in [-0.1, -0.05) is 6.42 Å². The van der Waals surface area contributed by atoms with E-state index in [1.807, 2.05) is 4.90 Å². The van der Waals surface area contributed by atoms with Crippen molar-refractivity contribution in [1.29, 1.82) is 0 Å². The largest absolute Gasteiger partial charge is 0.383 e. The second-order valence-corrected chi connectivity index (χ2v) is 9.37. The lowest BCUT2D eigenvalue weighted by atomic mass is 9.83. The van der Waals surface area contributed by atoms with Crippen LogP contribution in [0.4, 0.5) is 0 Å². The van der Waals surface area contributed by atoms with Gasteiger partial charge in [0.2, 0.25) is 11.8 Å². The third-order valence-electron chi connectivity index (χ3n) is 7.46. The van der Waals surface area contributed by atoms with Gasteiger partial charge in [0.1, 0.15) is 0 Å². The van der Waals surface area contributed by atoms with E-state index in [4.69, 9.17) is 9.47 Å². The molecule has 1 aliphatic carbocycles. The number of likely N-dealkylation sites (tertiary alicyclic amines) is 2. The quantitative estimate of drug-likeness (QED) is 0.583. The summed E-state index contributed by atoms with van der Waals surface area (Å²) in [5.41, 5.74) is 0. The molecule has 0 aromatic carbocycles. The molecule has 1 N–H and O–H groups in total. The molecule has 4 aliphatic rings. The summed E-state index contributed by atoms with van der Waals surface area (Å²) >= 11 is 0. The minimum Gasteiger partial charge on any atom is -0.383 e. The first kappa shape index (κ1) is 21.1.